The standard InChI is InChI=1S/C15H19N5O/c1-15(7-4-8-16-15)14(21)18-12-6-3-5-11(9-12)13-19-17-10-20(13)2/h3,5-6,9-10,16H,4,7-8H2,1-2H3,(H,18,21). The first-order valence-electron chi connectivity index (χ1n) is 7.09. The van der Waals surface area contributed by atoms with Gasteiger partial charge in [-0.2, -0.15) is 0 Å². The maximum Gasteiger partial charge on any atom is 0.244 e. The van der Waals surface area contributed by atoms with E-state index in [4.69, 9.17) is 0 Å². The second-order valence-electron chi connectivity index (χ2n) is 5.66. The molecule has 6 nitrogen and oxygen atoms in total. The van der Waals surface area contributed by atoms with Crippen LogP contribution in [0.4, 0.5) is 5.69 Å². The van der Waals surface area contributed by atoms with E-state index < -0.39 is 5.54 Å². The number of amides is 1. The van der Waals surface area contributed by atoms with E-state index in [2.05, 4.69) is 20.8 Å². The van der Waals surface area contributed by atoms with Gasteiger partial charge in [-0.15, -0.1) is 10.2 Å². The van der Waals surface area contributed by atoms with Crippen molar-refractivity contribution in [3.05, 3.63) is 30.6 Å². The van der Waals surface area contributed by atoms with Crippen molar-refractivity contribution in [2.45, 2.75) is 25.3 Å². The maximum atomic E-state index is 12.4. The third kappa shape index (κ3) is 2.67. The number of carbonyl (C=O) groups is 1. The van der Waals surface area contributed by atoms with Crippen molar-refractivity contribution in [1.82, 2.24) is 20.1 Å². The normalized spacial score (nSPS) is 21.4. The summed E-state index contributed by atoms with van der Waals surface area (Å²) in [5, 5.41) is 14.2. The van der Waals surface area contributed by atoms with Gasteiger partial charge in [0.2, 0.25) is 5.91 Å². The molecule has 1 amide bonds. The van der Waals surface area contributed by atoms with Gasteiger partial charge >= 0.3 is 0 Å². The topological polar surface area (TPSA) is 71.8 Å². The van der Waals surface area contributed by atoms with Crippen molar-refractivity contribution in [3.63, 3.8) is 0 Å². The predicted molar refractivity (Wildman–Crippen MR) is 80.7 cm³/mol. The van der Waals surface area contributed by atoms with E-state index in [0.29, 0.717) is 0 Å². The van der Waals surface area contributed by atoms with Crippen molar-refractivity contribution in [2.24, 2.45) is 7.05 Å². The molecule has 0 bridgehead atoms. The van der Waals surface area contributed by atoms with Gasteiger partial charge in [0.1, 0.15) is 6.33 Å². The van der Waals surface area contributed by atoms with Crippen LogP contribution in [0.15, 0.2) is 30.6 Å². The third-order valence-electron chi connectivity index (χ3n) is 3.96. The molecule has 110 valence electrons. The Morgan fingerprint density at radius 1 is 1.48 bits per heavy atom. The van der Waals surface area contributed by atoms with Crippen LogP contribution >= 0.6 is 0 Å². The van der Waals surface area contributed by atoms with Crippen LogP contribution in [-0.2, 0) is 11.8 Å². The Hall–Kier alpha value is -2.21. The van der Waals surface area contributed by atoms with E-state index in [1.165, 1.54) is 0 Å². The molecule has 6 heteroatoms. The number of nitrogens with one attached hydrogen (secondary N) is 2. The number of aryl methyl sites for hydroxylation is 1. The molecule has 21 heavy (non-hydrogen) atoms. The predicted octanol–water partition coefficient (Wildman–Crippen LogP) is 1.56. The zero-order chi connectivity index (χ0) is 14.9. The highest BCUT2D eigenvalue weighted by Crippen LogP contribution is 2.23. The lowest BCUT2D eigenvalue weighted by Gasteiger charge is -2.23. The van der Waals surface area contributed by atoms with Crippen molar-refractivity contribution >= 4 is 11.6 Å². The summed E-state index contributed by atoms with van der Waals surface area (Å²) in [6.45, 7) is 2.84. The average Bonchev–Trinajstić information content (AvgIpc) is 3.09. The largest absolute Gasteiger partial charge is 0.324 e. The molecular formula is C15H19N5O. The van der Waals surface area contributed by atoms with Crippen LogP contribution in [-0.4, -0.2) is 32.8 Å². The fourth-order valence-electron chi connectivity index (χ4n) is 2.64. The van der Waals surface area contributed by atoms with Gasteiger partial charge in [0.05, 0.1) is 5.54 Å². The lowest BCUT2D eigenvalue weighted by Crippen LogP contribution is -2.47. The number of hydrogen-bond acceptors (Lipinski definition) is 4. The van der Waals surface area contributed by atoms with E-state index in [0.717, 1.165) is 36.5 Å². The van der Waals surface area contributed by atoms with Gasteiger partial charge in [0.15, 0.2) is 5.82 Å². The Kier molecular flexibility index (Phi) is 3.47. The molecule has 2 aromatic rings. The molecule has 1 atom stereocenters. The van der Waals surface area contributed by atoms with Crippen LogP contribution < -0.4 is 10.6 Å². The second-order valence-corrected chi connectivity index (χ2v) is 5.66. The van der Waals surface area contributed by atoms with Gasteiger partial charge in [-0.1, -0.05) is 12.1 Å². The SMILES string of the molecule is Cn1cnnc1-c1cccc(NC(=O)C2(C)CCCN2)c1. The molecule has 1 fully saturated rings. The summed E-state index contributed by atoms with van der Waals surface area (Å²) in [5.74, 6) is 0.784. The number of hydrogen-bond donors (Lipinski definition) is 2. The maximum absolute atomic E-state index is 12.4. The van der Waals surface area contributed by atoms with E-state index in [-0.39, 0.29) is 5.91 Å². The molecule has 0 spiro atoms. The van der Waals surface area contributed by atoms with Crippen LogP contribution in [0.1, 0.15) is 19.8 Å². The molecule has 1 aromatic carbocycles. The quantitative estimate of drug-likeness (QED) is 0.898. The highest BCUT2D eigenvalue weighted by Gasteiger charge is 2.35. The summed E-state index contributed by atoms with van der Waals surface area (Å²) in [5.41, 5.74) is 1.23. The molecule has 0 saturated carbocycles. The molecule has 0 aliphatic carbocycles. The minimum atomic E-state index is -0.471. The number of nitrogens with zero attached hydrogens (tertiary/aromatic N) is 3. The van der Waals surface area contributed by atoms with Crippen LogP contribution in [0.3, 0.4) is 0 Å². The van der Waals surface area contributed by atoms with E-state index in [1.54, 1.807) is 6.33 Å². The zero-order valence-corrected chi connectivity index (χ0v) is 12.3. The smallest absolute Gasteiger partial charge is 0.244 e. The van der Waals surface area contributed by atoms with Crippen molar-refractivity contribution in [2.75, 3.05) is 11.9 Å². The van der Waals surface area contributed by atoms with Crippen molar-refractivity contribution in [3.8, 4) is 11.4 Å². The number of anilines is 1. The average molecular weight is 285 g/mol. The highest BCUT2D eigenvalue weighted by molar-refractivity contribution is 5.98. The molecule has 2 heterocycles. The second kappa shape index (κ2) is 5.29. The summed E-state index contributed by atoms with van der Waals surface area (Å²) in [4.78, 5) is 12.4. The minimum Gasteiger partial charge on any atom is -0.324 e. The van der Waals surface area contributed by atoms with Gasteiger partial charge in [0.25, 0.3) is 0 Å². The zero-order valence-electron chi connectivity index (χ0n) is 12.3. The van der Waals surface area contributed by atoms with Crippen LogP contribution in [0.5, 0.6) is 0 Å². The Labute approximate surface area is 123 Å². The summed E-state index contributed by atoms with van der Waals surface area (Å²) in [7, 11) is 1.89. The first-order chi connectivity index (χ1) is 10.1. The fraction of sp³-hybridized carbons (Fsp3) is 0.400. The Balaban J connectivity index is 1.81. The molecule has 1 saturated heterocycles. The van der Waals surface area contributed by atoms with E-state index in [1.807, 2.05) is 42.8 Å². The van der Waals surface area contributed by atoms with Gasteiger partial charge in [-0.3, -0.25) is 4.79 Å². The molecular weight excluding hydrogens is 266 g/mol. The van der Waals surface area contributed by atoms with Gasteiger partial charge in [-0.05, 0) is 38.4 Å². The van der Waals surface area contributed by atoms with Crippen LogP contribution in [0, 0.1) is 0 Å². The van der Waals surface area contributed by atoms with Gasteiger partial charge < -0.3 is 15.2 Å². The van der Waals surface area contributed by atoms with Gasteiger partial charge in [-0.25, -0.2) is 0 Å². The molecule has 1 aliphatic rings. The summed E-state index contributed by atoms with van der Waals surface area (Å²) < 4.78 is 1.85. The lowest BCUT2D eigenvalue weighted by atomic mass is 9.99. The monoisotopic (exact) mass is 285 g/mol. The number of benzene rings is 1. The van der Waals surface area contributed by atoms with E-state index >= 15 is 0 Å². The molecule has 0 radical (unpaired) electrons. The third-order valence-corrected chi connectivity index (χ3v) is 3.96. The number of carbonyl (C=O) groups excluding carboxylic acids is 1. The summed E-state index contributed by atoms with van der Waals surface area (Å²) in [6.07, 6.45) is 3.55. The van der Waals surface area contributed by atoms with Crippen molar-refractivity contribution in [1.29, 1.82) is 0 Å². The Bertz CT molecular complexity index is 658. The number of rotatable bonds is 3. The van der Waals surface area contributed by atoms with E-state index in [9.17, 15) is 4.79 Å². The minimum absolute atomic E-state index is 0.00937. The molecule has 2 N–H and O–H groups in total. The number of aromatic nitrogens is 3. The van der Waals surface area contributed by atoms with Crippen molar-refractivity contribution < 1.29 is 4.79 Å². The first-order valence-corrected chi connectivity index (χ1v) is 7.09. The fourth-order valence-corrected chi connectivity index (χ4v) is 2.64. The molecule has 1 aromatic heterocycles. The lowest BCUT2D eigenvalue weighted by molar-refractivity contribution is -0.121. The Morgan fingerprint density at radius 2 is 2.33 bits per heavy atom. The summed E-state index contributed by atoms with van der Waals surface area (Å²) >= 11 is 0. The van der Waals surface area contributed by atoms with Crippen LogP contribution in [0.25, 0.3) is 11.4 Å². The highest BCUT2D eigenvalue weighted by atomic mass is 16.2. The molecule has 3 rings (SSSR count). The molecule has 1 unspecified atom stereocenters. The molecule has 1 aliphatic heterocycles. The van der Waals surface area contributed by atoms with Crippen LogP contribution in [0.2, 0.25) is 0 Å². The van der Waals surface area contributed by atoms with Gasteiger partial charge in [0, 0.05) is 18.3 Å². The summed E-state index contributed by atoms with van der Waals surface area (Å²) in [6, 6.07) is 7.66. The first kappa shape index (κ1) is 13.8. The Morgan fingerprint density at radius 3 is 3.00 bits per heavy atom.